The Kier molecular flexibility index (Phi) is 3.43. The fourth-order valence-corrected chi connectivity index (χ4v) is 0.949. The van der Waals surface area contributed by atoms with Crippen molar-refractivity contribution in [2.75, 3.05) is 6.61 Å². The average molecular weight is 182 g/mol. The number of benzene rings is 1. The van der Waals surface area contributed by atoms with Crippen LogP contribution < -0.4 is 0 Å². The highest BCUT2D eigenvalue weighted by Crippen LogP contribution is 2.16. The van der Waals surface area contributed by atoms with Crippen LogP contribution in [0.25, 0.3) is 0 Å². The Bertz CT molecular complexity index is 272. The van der Waals surface area contributed by atoms with Gasteiger partial charge in [0.2, 0.25) is 0 Å². The minimum Gasteiger partial charge on any atom is -0.462 e. The summed E-state index contributed by atoms with van der Waals surface area (Å²) in [5.74, 6) is -0.460. The zero-order valence-corrected chi connectivity index (χ0v) is 7.37. The van der Waals surface area contributed by atoms with Crippen LogP contribution in [-0.4, -0.2) is 12.6 Å². The second-order valence-electron chi connectivity index (χ2n) is 2.68. The lowest BCUT2D eigenvalue weighted by Gasteiger charge is -2.07. The highest BCUT2D eigenvalue weighted by Gasteiger charge is 2.09. The number of esters is 1. The molecule has 0 aliphatic heterocycles. The molecule has 2 nitrogen and oxygen atoms in total. The lowest BCUT2D eigenvalue weighted by molar-refractivity contribution is -0.142. The summed E-state index contributed by atoms with van der Waals surface area (Å²) in [4.78, 5) is 10.4. The van der Waals surface area contributed by atoms with E-state index in [0.29, 0.717) is 5.56 Å². The summed E-state index contributed by atoms with van der Waals surface area (Å²) in [6.07, 6.45) is -1.23. The molecular weight excluding hydrogens is 171 g/mol. The molecule has 0 radical (unpaired) electrons. The Morgan fingerprint density at radius 3 is 2.62 bits per heavy atom. The van der Waals surface area contributed by atoms with Crippen LogP contribution in [-0.2, 0) is 9.53 Å². The molecule has 0 N–H and O–H groups in total. The molecule has 13 heavy (non-hydrogen) atoms. The fourth-order valence-electron chi connectivity index (χ4n) is 0.949. The molecule has 0 heterocycles. The van der Waals surface area contributed by atoms with Gasteiger partial charge in [-0.2, -0.15) is 0 Å². The summed E-state index contributed by atoms with van der Waals surface area (Å²) in [5, 5.41) is 0. The van der Waals surface area contributed by atoms with Gasteiger partial charge >= 0.3 is 5.97 Å². The Morgan fingerprint density at radius 2 is 2.08 bits per heavy atom. The van der Waals surface area contributed by atoms with Gasteiger partial charge in [0.05, 0.1) is 0 Å². The molecule has 0 fully saturated rings. The molecule has 0 aliphatic rings. The molecule has 70 valence electrons. The van der Waals surface area contributed by atoms with E-state index >= 15 is 0 Å². The van der Waals surface area contributed by atoms with E-state index in [2.05, 4.69) is 4.74 Å². The molecule has 0 aromatic heterocycles. The highest BCUT2D eigenvalue weighted by atomic mass is 19.1. The standard InChI is InChI=1S/C10H11FO2/c1-8(12)13-7-10(11)9-5-3-2-4-6-9/h2-6,10H,7H2,1H3/t10-/m1/s1. The number of carbonyl (C=O) groups excluding carboxylic acids is 1. The Hall–Kier alpha value is -1.38. The van der Waals surface area contributed by atoms with Crippen molar-refractivity contribution in [1.82, 2.24) is 0 Å². The zero-order chi connectivity index (χ0) is 9.68. The van der Waals surface area contributed by atoms with Gasteiger partial charge in [-0.3, -0.25) is 4.79 Å². The van der Waals surface area contributed by atoms with Crippen LogP contribution in [0.4, 0.5) is 4.39 Å². The molecule has 0 bridgehead atoms. The number of hydrogen-bond donors (Lipinski definition) is 0. The third kappa shape index (κ3) is 3.23. The summed E-state index contributed by atoms with van der Waals surface area (Å²) < 4.78 is 17.8. The van der Waals surface area contributed by atoms with Crippen molar-refractivity contribution in [2.24, 2.45) is 0 Å². The predicted molar refractivity (Wildman–Crippen MR) is 46.9 cm³/mol. The van der Waals surface area contributed by atoms with E-state index in [9.17, 15) is 9.18 Å². The van der Waals surface area contributed by atoms with Crippen molar-refractivity contribution < 1.29 is 13.9 Å². The van der Waals surface area contributed by atoms with Crippen LogP contribution >= 0.6 is 0 Å². The molecule has 1 rings (SSSR count). The number of ether oxygens (including phenoxy) is 1. The summed E-state index contributed by atoms with van der Waals surface area (Å²) in [5.41, 5.74) is 0.531. The van der Waals surface area contributed by atoms with Gasteiger partial charge in [-0.25, -0.2) is 4.39 Å². The van der Waals surface area contributed by atoms with E-state index in [0.717, 1.165) is 0 Å². The molecule has 0 aliphatic carbocycles. The maximum atomic E-state index is 13.2. The molecule has 1 aromatic rings. The van der Waals surface area contributed by atoms with E-state index < -0.39 is 12.1 Å². The minimum absolute atomic E-state index is 0.209. The van der Waals surface area contributed by atoms with Crippen LogP contribution in [0.1, 0.15) is 18.7 Å². The Morgan fingerprint density at radius 1 is 1.46 bits per heavy atom. The van der Waals surface area contributed by atoms with Gasteiger partial charge in [0, 0.05) is 6.92 Å². The van der Waals surface area contributed by atoms with Crippen LogP contribution in [0.3, 0.4) is 0 Å². The molecule has 0 amide bonds. The van der Waals surface area contributed by atoms with Gasteiger partial charge in [-0.05, 0) is 5.56 Å². The first kappa shape index (κ1) is 9.71. The largest absolute Gasteiger partial charge is 0.462 e. The Balaban J connectivity index is 2.49. The number of carbonyl (C=O) groups is 1. The molecule has 0 saturated heterocycles. The summed E-state index contributed by atoms with van der Waals surface area (Å²) >= 11 is 0. The Labute approximate surface area is 76.3 Å². The van der Waals surface area contributed by atoms with Crippen LogP contribution in [0.15, 0.2) is 30.3 Å². The van der Waals surface area contributed by atoms with E-state index in [1.54, 1.807) is 24.3 Å². The summed E-state index contributed by atoms with van der Waals surface area (Å²) in [6, 6.07) is 8.62. The quantitative estimate of drug-likeness (QED) is 0.670. The zero-order valence-electron chi connectivity index (χ0n) is 7.37. The third-order valence-electron chi connectivity index (χ3n) is 1.59. The van der Waals surface area contributed by atoms with Gasteiger partial charge in [-0.1, -0.05) is 30.3 Å². The maximum absolute atomic E-state index is 13.2. The van der Waals surface area contributed by atoms with Crippen molar-refractivity contribution in [3.8, 4) is 0 Å². The molecule has 0 saturated carbocycles. The van der Waals surface area contributed by atoms with Gasteiger partial charge in [0.15, 0.2) is 6.17 Å². The van der Waals surface area contributed by atoms with Gasteiger partial charge in [0.25, 0.3) is 0 Å². The van der Waals surface area contributed by atoms with E-state index in [-0.39, 0.29) is 6.61 Å². The first-order chi connectivity index (χ1) is 6.20. The SMILES string of the molecule is CC(=O)OC[C@@H](F)c1ccccc1. The summed E-state index contributed by atoms with van der Waals surface area (Å²) in [6.45, 7) is 1.05. The van der Waals surface area contributed by atoms with Crippen molar-refractivity contribution >= 4 is 5.97 Å². The lowest BCUT2D eigenvalue weighted by Crippen LogP contribution is -2.06. The monoisotopic (exact) mass is 182 g/mol. The molecule has 0 spiro atoms. The lowest BCUT2D eigenvalue weighted by atomic mass is 10.1. The van der Waals surface area contributed by atoms with Crippen molar-refractivity contribution in [3.05, 3.63) is 35.9 Å². The first-order valence-electron chi connectivity index (χ1n) is 4.02. The minimum atomic E-state index is -1.23. The van der Waals surface area contributed by atoms with E-state index in [4.69, 9.17) is 0 Å². The highest BCUT2D eigenvalue weighted by molar-refractivity contribution is 5.65. The van der Waals surface area contributed by atoms with Crippen molar-refractivity contribution in [3.63, 3.8) is 0 Å². The maximum Gasteiger partial charge on any atom is 0.302 e. The number of rotatable bonds is 3. The van der Waals surface area contributed by atoms with Gasteiger partial charge in [-0.15, -0.1) is 0 Å². The van der Waals surface area contributed by atoms with Crippen LogP contribution in [0.2, 0.25) is 0 Å². The summed E-state index contributed by atoms with van der Waals surface area (Å²) in [7, 11) is 0. The predicted octanol–water partition coefficient (Wildman–Crippen LogP) is 2.26. The third-order valence-corrected chi connectivity index (χ3v) is 1.59. The molecule has 1 atom stereocenters. The van der Waals surface area contributed by atoms with Crippen LogP contribution in [0.5, 0.6) is 0 Å². The number of alkyl halides is 1. The van der Waals surface area contributed by atoms with Gasteiger partial charge in [0.1, 0.15) is 6.61 Å². The normalized spacial score (nSPS) is 12.2. The smallest absolute Gasteiger partial charge is 0.302 e. The van der Waals surface area contributed by atoms with E-state index in [1.807, 2.05) is 6.07 Å². The van der Waals surface area contributed by atoms with Gasteiger partial charge < -0.3 is 4.74 Å². The fraction of sp³-hybridized carbons (Fsp3) is 0.300. The number of halogens is 1. The van der Waals surface area contributed by atoms with E-state index in [1.165, 1.54) is 6.92 Å². The molecule has 0 unspecified atom stereocenters. The van der Waals surface area contributed by atoms with Crippen molar-refractivity contribution in [1.29, 1.82) is 0 Å². The molecule has 1 aromatic carbocycles. The van der Waals surface area contributed by atoms with Crippen LogP contribution in [0, 0.1) is 0 Å². The first-order valence-corrected chi connectivity index (χ1v) is 4.02. The molecule has 3 heteroatoms. The molecular formula is C10H11FO2. The average Bonchev–Trinajstić information content (AvgIpc) is 2.15. The van der Waals surface area contributed by atoms with Crippen molar-refractivity contribution in [2.45, 2.75) is 13.1 Å². The number of hydrogen-bond acceptors (Lipinski definition) is 2. The topological polar surface area (TPSA) is 26.3 Å². The second kappa shape index (κ2) is 4.60. The second-order valence-corrected chi connectivity index (χ2v) is 2.68.